The van der Waals surface area contributed by atoms with Crippen LogP contribution in [0.15, 0.2) is 30.3 Å². The number of nitrogens with zero attached hydrogens (tertiary/aromatic N) is 1. The van der Waals surface area contributed by atoms with Crippen molar-refractivity contribution in [2.75, 3.05) is 26.3 Å². The Morgan fingerprint density at radius 1 is 0.906 bits per heavy atom. The zero-order chi connectivity index (χ0) is 24.7. The molecule has 1 heterocycles. The molecule has 1 fully saturated rings. The molecule has 1 aliphatic rings. The highest BCUT2D eigenvalue weighted by atomic mass is 16.5. The van der Waals surface area contributed by atoms with Crippen LogP contribution in [0.5, 0.6) is 17.2 Å². The smallest absolute Gasteiger partial charge is 0.227 e. The highest BCUT2D eigenvalue weighted by Crippen LogP contribution is 2.32. The van der Waals surface area contributed by atoms with Crippen LogP contribution in [0.2, 0.25) is 0 Å². The van der Waals surface area contributed by atoms with Crippen LogP contribution in [0.3, 0.4) is 0 Å². The molecule has 0 spiro atoms. The molecule has 1 amide bonds. The molecule has 3 rings (SSSR count). The maximum Gasteiger partial charge on any atom is 0.227 e. The number of ether oxygens (including phenoxy) is 2. The second kappa shape index (κ2) is 16.2. The lowest BCUT2D eigenvalue weighted by molar-refractivity contribution is -0.134. The minimum Gasteiger partial charge on any atom is -0.508 e. The van der Waals surface area contributed by atoms with Crippen LogP contribution in [-0.2, 0) is 16.0 Å². The Morgan fingerprint density at radius 3 is 1.94 bits per heavy atom. The third-order valence-corrected chi connectivity index (χ3v) is 4.63. The molecule has 0 bridgehead atoms. The molecule has 1 N–H and O–H groups in total. The van der Waals surface area contributed by atoms with Crippen molar-refractivity contribution in [3.05, 3.63) is 52.6 Å². The Morgan fingerprint density at radius 2 is 1.44 bits per heavy atom. The molecule has 2 aromatic rings. The van der Waals surface area contributed by atoms with Gasteiger partial charge in [-0.25, -0.2) is 0 Å². The fourth-order valence-electron chi connectivity index (χ4n) is 3.21. The number of carbonyl (C=O) groups is 1. The van der Waals surface area contributed by atoms with E-state index in [1.54, 1.807) is 12.1 Å². The van der Waals surface area contributed by atoms with E-state index in [-0.39, 0.29) is 11.7 Å². The minimum atomic E-state index is 0.134. The molecule has 0 unspecified atom stereocenters. The number of hydrogen-bond acceptors (Lipinski definition) is 4. The van der Waals surface area contributed by atoms with Crippen molar-refractivity contribution in [1.29, 1.82) is 0 Å². The first-order valence-electron chi connectivity index (χ1n) is 11.9. The first-order valence-corrected chi connectivity index (χ1v) is 11.9. The van der Waals surface area contributed by atoms with Crippen molar-refractivity contribution in [3.63, 3.8) is 0 Å². The predicted octanol–water partition coefficient (Wildman–Crippen LogP) is 6.59. The van der Waals surface area contributed by atoms with Gasteiger partial charge < -0.3 is 19.5 Å². The Hall–Kier alpha value is -2.53. The van der Waals surface area contributed by atoms with E-state index in [1.165, 1.54) is 0 Å². The Bertz CT molecular complexity index is 788. The average Bonchev–Trinajstić information content (AvgIpc) is 2.83. The molecule has 1 saturated heterocycles. The van der Waals surface area contributed by atoms with Gasteiger partial charge in [-0.15, -0.1) is 0 Å². The van der Waals surface area contributed by atoms with Crippen molar-refractivity contribution < 1.29 is 19.4 Å². The summed E-state index contributed by atoms with van der Waals surface area (Å²) in [7, 11) is 0. The van der Waals surface area contributed by atoms with Crippen molar-refractivity contribution in [2.45, 2.75) is 68.7 Å². The normalized spacial score (nSPS) is 12.2. The quantitative estimate of drug-likeness (QED) is 0.577. The number of rotatable bonds is 4. The van der Waals surface area contributed by atoms with E-state index >= 15 is 0 Å². The highest BCUT2D eigenvalue weighted by Gasteiger charge is 2.18. The van der Waals surface area contributed by atoms with Crippen LogP contribution < -0.4 is 4.74 Å². The molecule has 5 heteroatoms. The van der Waals surface area contributed by atoms with E-state index in [0.717, 1.165) is 28.0 Å². The van der Waals surface area contributed by atoms with Gasteiger partial charge >= 0.3 is 0 Å². The van der Waals surface area contributed by atoms with E-state index in [1.807, 2.05) is 85.4 Å². The van der Waals surface area contributed by atoms with Gasteiger partial charge in [-0.2, -0.15) is 0 Å². The summed E-state index contributed by atoms with van der Waals surface area (Å²) in [5, 5.41) is 9.65. The largest absolute Gasteiger partial charge is 0.508 e. The summed E-state index contributed by atoms with van der Waals surface area (Å²) in [6, 6.07) is 9.20. The molecule has 0 aliphatic carbocycles. The van der Waals surface area contributed by atoms with Crippen LogP contribution in [-0.4, -0.2) is 42.2 Å². The van der Waals surface area contributed by atoms with Crippen molar-refractivity contribution in [1.82, 2.24) is 4.90 Å². The van der Waals surface area contributed by atoms with Crippen LogP contribution in [0.4, 0.5) is 0 Å². The molecule has 32 heavy (non-hydrogen) atoms. The number of phenols is 1. The van der Waals surface area contributed by atoms with Crippen molar-refractivity contribution >= 4 is 5.91 Å². The molecule has 2 aromatic carbocycles. The number of hydrogen-bond donors (Lipinski definition) is 1. The summed E-state index contributed by atoms with van der Waals surface area (Å²) >= 11 is 0. The monoisotopic (exact) mass is 445 g/mol. The summed E-state index contributed by atoms with van der Waals surface area (Å²) in [6.45, 7) is 20.4. The van der Waals surface area contributed by atoms with Crippen LogP contribution in [0, 0.1) is 20.8 Å². The van der Waals surface area contributed by atoms with Crippen LogP contribution in [0.25, 0.3) is 0 Å². The Labute approximate surface area is 195 Å². The number of aromatic hydroxyl groups is 1. The van der Waals surface area contributed by atoms with Gasteiger partial charge in [-0.05, 0) is 61.2 Å². The zero-order valence-electron chi connectivity index (χ0n) is 21.5. The second-order valence-electron chi connectivity index (χ2n) is 6.78. The van der Waals surface area contributed by atoms with Gasteiger partial charge in [0.05, 0.1) is 19.6 Å². The van der Waals surface area contributed by atoms with Gasteiger partial charge in [0.15, 0.2) is 0 Å². The Balaban J connectivity index is 0.00000148. The fourth-order valence-corrected chi connectivity index (χ4v) is 3.21. The molecule has 0 radical (unpaired) electrons. The maximum absolute atomic E-state index is 12.5. The Kier molecular flexibility index (Phi) is 14.9. The summed E-state index contributed by atoms with van der Waals surface area (Å²) < 4.78 is 11.3. The zero-order valence-corrected chi connectivity index (χ0v) is 21.5. The van der Waals surface area contributed by atoms with Crippen LogP contribution >= 0.6 is 0 Å². The van der Waals surface area contributed by atoms with Gasteiger partial charge in [0, 0.05) is 13.1 Å². The molecular weight excluding hydrogens is 402 g/mol. The number of carbonyl (C=O) groups excluding carboxylic acids is 1. The summed E-state index contributed by atoms with van der Waals surface area (Å²) in [5.41, 5.74) is 3.73. The van der Waals surface area contributed by atoms with Gasteiger partial charge in [-0.3, -0.25) is 4.79 Å². The summed E-state index contributed by atoms with van der Waals surface area (Å²) in [4.78, 5) is 14.3. The van der Waals surface area contributed by atoms with E-state index in [4.69, 9.17) is 9.47 Å². The molecule has 0 aromatic heterocycles. The average molecular weight is 446 g/mol. The predicted molar refractivity (Wildman–Crippen MR) is 134 cm³/mol. The first-order chi connectivity index (χ1) is 15.4. The van der Waals surface area contributed by atoms with Gasteiger partial charge in [-0.1, -0.05) is 53.7 Å². The van der Waals surface area contributed by atoms with Crippen molar-refractivity contribution in [2.24, 2.45) is 0 Å². The number of aryl methyl sites for hydroxylation is 3. The number of benzene rings is 2. The maximum atomic E-state index is 12.5. The summed E-state index contributed by atoms with van der Waals surface area (Å²) in [6.07, 6.45) is 0.389. The van der Waals surface area contributed by atoms with E-state index in [9.17, 15) is 9.90 Å². The second-order valence-corrected chi connectivity index (χ2v) is 6.78. The van der Waals surface area contributed by atoms with Gasteiger partial charge in [0.2, 0.25) is 5.91 Å². The topological polar surface area (TPSA) is 59.0 Å². The van der Waals surface area contributed by atoms with E-state index in [0.29, 0.717) is 38.5 Å². The third kappa shape index (κ3) is 8.91. The number of phenolic OH excluding ortho intramolecular Hbond substituents is 1. The lowest BCUT2D eigenvalue weighted by Crippen LogP contribution is -2.41. The third-order valence-electron chi connectivity index (χ3n) is 4.63. The lowest BCUT2D eigenvalue weighted by Gasteiger charge is -2.27. The molecular formula is C27H43NO4. The van der Waals surface area contributed by atoms with Gasteiger partial charge in [0.1, 0.15) is 17.2 Å². The lowest BCUT2D eigenvalue weighted by atomic mass is 10.0. The minimum absolute atomic E-state index is 0.134. The SMILES string of the molecule is CC.CC.CC.Cc1cc(Oc2c(C)cc(CC(=O)N3CCOCC3)cc2C)ccc1O. The summed E-state index contributed by atoms with van der Waals surface area (Å²) in [5.74, 6) is 1.86. The molecule has 1 aliphatic heterocycles. The molecule has 0 atom stereocenters. The van der Waals surface area contributed by atoms with Crippen molar-refractivity contribution in [3.8, 4) is 17.2 Å². The first kappa shape index (κ1) is 29.5. The number of amides is 1. The molecule has 0 saturated carbocycles. The molecule has 5 nitrogen and oxygen atoms in total. The van der Waals surface area contributed by atoms with E-state index in [2.05, 4.69) is 0 Å². The number of morpholine rings is 1. The van der Waals surface area contributed by atoms with Crippen LogP contribution in [0.1, 0.15) is 63.8 Å². The standard InChI is InChI=1S/C21H25NO4.3C2H6/c1-14-12-18(4-5-19(14)23)26-21-15(2)10-17(11-16(21)3)13-20(24)22-6-8-25-9-7-22;3*1-2/h4-5,10-12,23H,6-9,13H2,1-3H3;3*1-2H3. The highest BCUT2D eigenvalue weighted by molar-refractivity contribution is 5.79. The molecule has 180 valence electrons. The van der Waals surface area contributed by atoms with E-state index < -0.39 is 0 Å². The fraction of sp³-hybridized carbons (Fsp3) is 0.519. The van der Waals surface area contributed by atoms with Gasteiger partial charge in [0.25, 0.3) is 0 Å².